The zero-order valence-electron chi connectivity index (χ0n) is 16.4. The number of rotatable bonds is 5. The number of pyridine rings is 1. The zero-order valence-corrected chi connectivity index (χ0v) is 17.2. The van der Waals surface area contributed by atoms with Crippen LogP contribution in [0, 0.1) is 11.7 Å². The van der Waals surface area contributed by atoms with Crippen molar-refractivity contribution in [3.63, 3.8) is 0 Å². The average molecular weight is 423 g/mol. The van der Waals surface area contributed by atoms with E-state index in [9.17, 15) is 14.7 Å². The van der Waals surface area contributed by atoms with Crippen LogP contribution >= 0.6 is 11.6 Å². The third-order valence-corrected chi connectivity index (χ3v) is 6.12. The second-order valence-electron chi connectivity index (χ2n) is 8.29. The van der Waals surface area contributed by atoms with Gasteiger partial charge in [-0.1, -0.05) is 11.6 Å². The van der Waals surface area contributed by atoms with E-state index >= 15 is 4.39 Å². The minimum Gasteiger partial charge on any atom is -0.477 e. The Morgan fingerprint density at radius 1 is 1.38 bits per heavy atom. The Hall–Kier alpha value is -2.32. The number of hydrogen-bond acceptors (Lipinski definition) is 5. The summed E-state index contributed by atoms with van der Waals surface area (Å²) in [5.41, 5.74) is 5.02. The third kappa shape index (κ3) is 3.34. The molecule has 1 saturated carbocycles. The Balaban J connectivity index is 1.93. The summed E-state index contributed by atoms with van der Waals surface area (Å²) in [4.78, 5) is 28.3. The van der Waals surface area contributed by atoms with Crippen molar-refractivity contribution >= 4 is 39.8 Å². The van der Waals surface area contributed by atoms with E-state index in [1.54, 1.807) is 4.57 Å². The van der Waals surface area contributed by atoms with Gasteiger partial charge in [-0.3, -0.25) is 4.79 Å². The predicted molar refractivity (Wildman–Crippen MR) is 112 cm³/mol. The normalized spacial score (nSPS) is 19.5. The van der Waals surface area contributed by atoms with E-state index < -0.39 is 22.8 Å². The van der Waals surface area contributed by atoms with Crippen molar-refractivity contribution < 1.29 is 14.3 Å². The molecule has 1 aliphatic carbocycles. The third-order valence-electron chi connectivity index (χ3n) is 5.76. The van der Waals surface area contributed by atoms with Crippen molar-refractivity contribution in [1.82, 2.24) is 9.47 Å². The monoisotopic (exact) mass is 422 g/mol. The van der Waals surface area contributed by atoms with Gasteiger partial charge in [-0.25, -0.2) is 9.18 Å². The Morgan fingerprint density at radius 3 is 2.66 bits per heavy atom. The molecule has 156 valence electrons. The molecular formula is C20H24ClFN4O3. The highest BCUT2D eigenvalue weighted by Gasteiger charge is 2.34. The maximum absolute atomic E-state index is 15.3. The summed E-state index contributed by atoms with van der Waals surface area (Å²) >= 11 is 6.68. The molecule has 2 heterocycles. The van der Waals surface area contributed by atoms with Gasteiger partial charge in [0, 0.05) is 31.9 Å². The van der Waals surface area contributed by atoms with Crippen molar-refractivity contribution in [3.05, 3.63) is 32.8 Å². The lowest BCUT2D eigenvalue weighted by atomic mass is 10.1. The van der Waals surface area contributed by atoms with Gasteiger partial charge < -0.3 is 25.2 Å². The number of carboxylic acids is 1. The smallest absolute Gasteiger partial charge is 0.341 e. The molecule has 9 heteroatoms. The summed E-state index contributed by atoms with van der Waals surface area (Å²) in [6.45, 7) is 2.16. The van der Waals surface area contributed by atoms with Crippen molar-refractivity contribution in [1.29, 1.82) is 0 Å². The summed E-state index contributed by atoms with van der Waals surface area (Å²) < 4.78 is 17.0. The molecule has 0 radical (unpaired) electrons. The number of nitrogen functional groups attached to an aromatic ring is 1. The second-order valence-corrected chi connectivity index (χ2v) is 8.67. The van der Waals surface area contributed by atoms with Gasteiger partial charge in [0.05, 0.1) is 27.3 Å². The van der Waals surface area contributed by atoms with Gasteiger partial charge in [0.15, 0.2) is 5.82 Å². The van der Waals surface area contributed by atoms with Crippen LogP contribution in [-0.2, 0) is 0 Å². The van der Waals surface area contributed by atoms with E-state index in [1.165, 1.54) is 6.20 Å². The van der Waals surface area contributed by atoms with Gasteiger partial charge >= 0.3 is 5.97 Å². The average Bonchev–Trinajstić information content (AvgIpc) is 3.39. The first-order valence-corrected chi connectivity index (χ1v) is 10.1. The minimum atomic E-state index is -1.36. The molecular weight excluding hydrogens is 399 g/mol. The first-order chi connectivity index (χ1) is 13.7. The molecule has 2 aromatic rings. The van der Waals surface area contributed by atoms with Crippen LogP contribution < -0.4 is 16.1 Å². The molecule has 1 unspecified atom stereocenters. The number of carboxylic acid groups (broad SMARTS) is 1. The Labute approximate surface area is 172 Å². The molecule has 2 fully saturated rings. The Bertz CT molecular complexity index is 1060. The summed E-state index contributed by atoms with van der Waals surface area (Å²) in [6, 6.07) is 0.0338. The number of carbonyl (C=O) groups is 1. The maximum Gasteiger partial charge on any atom is 0.341 e. The number of fused-ring (bicyclic) bond motifs is 1. The maximum atomic E-state index is 15.3. The quantitative estimate of drug-likeness (QED) is 0.720. The SMILES string of the molecule is CN(C)CC1CCN(c2c(F)c(N)c3c(=O)c(C(=O)O)cn(C4CC4)c3c2Cl)C1. The molecule has 7 nitrogen and oxygen atoms in total. The van der Waals surface area contributed by atoms with Crippen molar-refractivity contribution in [3.8, 4) is 0 Å². The first kappa shape index (κ1) is 20.0. The number of nitrogens with zero attached hydrogens (tertiary/aromatic N) is 3. The van der Waals surface area contributed by atoms with Crippen LogP contribution in [0.5, 0.6) is 0 Å². The van der Waals surface area contributed by atoms with E-state index in [-0.39, 0.29) is 27.8 Å². The molecule has 1 aliphatic heterocycles. The number of nitrogens with two attached hydrogens (primary N) is 1. The number of aromatic carboxylic acids is 1. The van der Waals surface area contributed by atoms with Gasteiger partial charge in [0.1, 0.15) is 5.56 Å². The van der Waals surface area contributed by atoms with Crippen LogP contribution in [-0.4, -0.2) is 54.3 Å². The molecule has 0 spiro atoms. The lowest BCUT2D eigenvalue weighted by Gasteiger charge is -2.25. The number of aromatic nitrogens is 1. The fourth-order valence-corrected chi connectivity index (χ4v) is 4.72. The Morgan fingerprint density at radius 2 is 2.07 bits per heavy atom. The zero-order chi connectivity index (χ0) is 21.0. The van der Waals surface area contributed by atoms with Crippen LogP contribution in [0.1, 0.15) is 35.7 Å². The number of halogens is 2. The van der Waals surface area contributed by atoms with Crippen molar-refractivity contribution in [2.24, 2.45) is 5.92 Å². The number of hydrogen-bond donors (Lipinski definition) is 2. The molecule has 1 atom stereocenters. The lowest BCUT2D eigenvalue weighted by Crippen LogP contribution is -2.27. The van der Waals surface area contributed by atoms with Crippen molar-refractivity contribution in [2.45, 2.75) is 25.3 Å². The van der Waals surface area contributed by atoms with Gasteiger partial charge in [0.2, 0.25) is 5.43 Å². The van der Waals surface area contributed by atoms with Crippen LogP contribution in [0.15, 0.2) is 11.0 Å². The molecule has 1 aromatic heterocycles. The minimum absolute atomic E-state index is 0.0338. The van der Waals surface area contributed by atoms with E-state index in [0.29, 0.717) is 24.5 Å². The topological polar surface area (TPSA) is 91.8 Å². The molecule has 2 aliphatic rings. The van der Waals surface area contributed by atoms with Gasteiger partial charge in [-0.05, 0) is 39.3 Å². The van der Waals surface area contributed by atoms with Gasteiger partial charge in [-0.2, -0.15) is 0 Å². The number of benzene rings is 1. The first-order valence-electron chi connectivity index (χ1n) is 9.69. The molecule has 4 rings (SSSR count). The lowest BCUT2D eigenvalue weighted by molar-refractivity contribution is 0.0695. The molecule has 0 amide bonds. The summed E-state index contributed by atoms with van der Waals surface area (Å²) in [6.07, 6.45) is 3.90. The molecule has 1 saturated heterocycles. The standard InChI is InChI=1S/C20H24ClFN4O3/c1-24(2)7-10-5-6-25(8-10)18-14(21)17-13(16(23)15(18)22)19(27)12(20(28)29)9-26(17)11-3-4-11/h9-11H,3-8,23H2,1-2H3,(H,28,29). The highest BCUT2D eigenvalue weighted by atomic mass is 35.5. The van der Waals surface area contributed by atoms with Gasteiger partial charge in [0.25, 0.3) is 0 Å². The van der Waals surface area contributed by atoms with Crippen LogP contribution in [0.2, 0.25) is 5.02 Å². The fourth-order valence-electron chi connectivity index (χ4n) is 4.32. The van der Waals surface area contributed by atoms with E-state index in [4.69, 9.17) is 17.3 Å². The van der Waals surface area contributed by atoms with E-state index in [0.717, 1.165) is 25.8 Å². The molecule has 1 aromatic carbocycles. The van der Waals surface area contributed by atoms with Crippen LogP contribution in [0.25, 0.3) is 10.9 Å². The highest BCUT2D eigenvalue weighted by molar-refractivity contribution is 6.38. The summed E-state index contributed by atoms with van der Waals surface area (Å²) in [5.74, 6) is -1.75. The second kappa shape index (κ2) is 7.18. The Kier molecular flexibility index (Phi) is 4.94. The largest absolute Gasteiger partial charge is 0.477 e. The van der Waals surface area contributed by atoms with E-state index in [2.05, 4.69) is 4.90 Å². The van der Waals surface area contributed by atoms with Gasteiger partial charge in [-0.15, -0.1) is 0 Å². The highest BCUT2D eigenvalue weighted by Crippen LogP contribution is 2.45. The fraction of sp³-hybridized carbons (Fsp3) is 0.500. The summed E-state index contributed by atoms with van der Waals surface area (Å²) in [5, 5.41) is 9.39. The molecule has 3 N–H and O–H groups in total. The molecule has 29 heavy (non-hydrogen) atoms. The van der Waals surface area contributed by atoms with Crippen LogP contribution in [0.3, 0.4) is 0 Å². The van der Waals surface area contributed by atoms with Crippen LogP contribution in [0.4, 0.5) is 15.8 Å². The summed E-state index contributed by atoms with van der Waals surface area (Å²) in [7, 11) is 4.00. The molecule has 0 bridgehead atoms. The van der Waals surface area contributed by atoms with E-state index in [1.807, 2.05) is 19.0 Å². The predicted octanol–water partition coefficient (Wildman–Crippen LogP) is 2.80. The number of anilines is 2. The van der Waals surface area contributed by atoms with Crippen molar-refractivity contribution in [2.75, 3.05) is 44.4 Å².